The van der Waals surface area contributed by atoms with Crippen LogP contribution in [0.15, 0.2) is 97.2 Å². The van der Waals surface area contributed by atoms with E-state index in [9.17, 15) is 5.11 Å². The van der Waals surface area contributed by atoms with Crippen LogP contribution in [-0.4, -0.2) is 21.1 Å². The van der Waals surface area contributed by atoms with E-state index in [1.807, 2.05) is 47.0 Å². The number of anilines is 1. The quantitative estimate of drug-likeness (QED) is 0.261. The number of hydrogen-bond acceptors (Lipinski definition) is 5. The molecule has 0 aliphatic heterocycles. The molecule has 0 aliphatic rings. The second kappa shape index (κ2) is 10.6. The number of nitrogens with zero attached hydrogens (tertiary/aromatic N) is 2. The molecule has 2 aromatic heterocycles. The van der Waals surface area contributed by atoms with Gasteiger partial charge in [-0.3, -0.25) is 4.40 Å². The summed E-state index contributed by atoms with van der Waals surface area (Å²) in [6, 6.07) is 30.0. The molecule has 3 aromatic carbocycles. The van der Waals surface area contributed by atoms with E-state index < -0.39 is 6.04 Å². The lowest BCUT2D eigenvalue weighted by Crippen LogP contribution is -2.17. The number of aliphatic hydroxyl groups is 1. The second-order valence-electron chi connectivity index (χ2n) is 8.81. The number of ether oxygens (including phenoxy) is 1. The van der Waals surface area contributed by atoms with Crippen LogP contribution in [0, 0.1) is 6.92 Å². The van der Waals surface area contributed by atoms with Crippen molar-refractivity contribution in [2.75, 3.05) is 11.9 Å². The van der Waals surface area contributed by atoms with E-state index >= 15 is 0 Å². The molecule has 5 rings (SSSR count). The number of fused-ring (bicyclic) bond motifs is 1. The number of aromatic nitrogens is 2. The molecule has 0 spiro atoms. The summed E-state index contributed by atoms with van der Waals surface area (Å²) >= 11 is 0. The van der Waals surface area contributed by atoms with Crippen molar-refractivity contribution >= 4 is 11.5 Å². The Morgan fingerprint density at radius 1 is 0.944 bits per heavy atom. The third kappa shape index (κ3) is 4.96. The molecule has 0 fully saturated rings. The predicted octanol–water partition coefficient (Wildman–Crippen LogP) is 5.49. The summed E-state index contributed by atoms with van der Waals surface area (Å²) < 4.78 is 8.17. The number of hydrogen-bond donors (Lipinski definition) is 3. The minimum atomic E-state index is -0.587. The molecule has 2 heterocycles. The van der Waals surface area contributed by atoms with Crippen molar-refractivity contribution in [1.29, 1.82) is 0 Å². The fourth-order valence-electron chi connectivity index (χ4n) is 4.36. The van der Waals surface area contributed by atoms with Gasteiger partial charge >= 0.3 is 0 Å². The standard InChI is InChI=1S/C30H30N4O2/c1-21-24(13-8-14-26(21)23-11-6-3-7-12-23)20-36-25-15-16-28-33-29(27(31)19-35)30(34(28)18-25)32-17-22-9-4-2-5-10-22/h2-16,18,27,32,35H,17,19-20,31H2,1H3/t27-/m1/s1. The summed E-state index contributed by atoms with van der Waals surface area (Å²) in [5.41, 5.74) is 13.4. The van der Waals surface area contributed by atoms with Gasteiger partial charge < -0.3 is 20.9 Å². The van der Waals surface area contributed by atoms with Crippen molar-refractivity contribution in [3.8, 4) is 16.9 Å². The molecule has 0 unspecified atom stereocenters. The highest BCUT2D eigenvalue weighted by molar-refractivity contribution is 5.68. The number of benzene rings is 3. The number of pyridine rings is 1. The van der Waals surface area contributed by atoms with Gasteiger partial charge in [-0.25, -0.2) is 4.98 Å². The SMILES string of the molecule is Cc1c(COc2ccc3nc([C@H](N)CO)c(NCc4ccccc4)n3c2)cccc1-c1ccccc1. The molecule has 0 saturated heterocycles. The van der Waals surface area contributed by atoms with Gasteiger partial charge in [0.25, 0.3) is 0 Å². The lowest BCUT2D eigenvalue weighted by Gasteiger charge is -2.14. The van der Waals surface area contributed by atoms with Crippen LogP contribution >= 0.6 is 0 Å². The van der Waals surface area contributed by atoms with E-state index in [4.69, 9.17) is 10.5 Å². The average Bonchev–Trinajstić information content (AvgIpc) is 3.29. The lowest BCUT2D eigenvalue weighted by atomic mass is 9.97. The minimum Gasteiger partial charge on any atom is -0.487 e. The topological polar surface area (TPSA) is 84.8 Å². The summed E-state index contributed by atoms with van der Waals surface area (Å²) in [5.74, 6) is 1.47. The Morgan fingerprint density at radius 2 is 1.69 bits per heavy atom. The number of rotatable bonds is 9. The van der Waals surface area contributed by atoms with Crippen LogP contribution < -0.4 is 15.8 Å². The summed E-state index contributed by atoms with van der Waals surface area (Å²) in [7, 11) is 0. The summed E-state index contributed by atoms with van der Waals surface area (Å²) in [6.45, 7) is 3.00. The maximum atomic E-state index is 9.69. The molecule has 6 nitrogen and oxygen atoms in total. The molecule has 5 aromatic rings. The highest BCUT2D eigenvalue weighted by Gasteiger charge is 2.18. The van der Waals surface area contributed by atoms with Gasteiger partial charge in [0.1, 0.15) is 29.5 Å². The first-order chi connectivity index (χ1) is 17.6. The second-order valence-corrected chi connectivity index (χ2v) is 8.81. The molecule has 1 atom stereocenters. The third-order valence-electron chi connectivity index (χ3n) is 6.39. The van der Waals surface area contributed by atoms with Crippen LogP contribution in [-0.2, 0) is 13.2 Å². The van der Waals surface area contributed by atoms with Crippen molar-refractivity contribution < 1.29 is 9.84 Å². The Hall–Kier alpha value is -4.13. The molecule has 0 aliphatic carbocycles. The first kappa shape index (κ1) is 23.6. The largest absolute Gasteiger partial charge is 0.487 e. The van der Waals surface area contributed by atoms with Gasteiger partial charge in [0, 0.05) is 6.54 Å². The first-order valence-corrected chi connectivity index (χ1v) is 12.1. The number of nitrogens with one attached hydrogen (secondary N) is 1. The van der Waals surface area contributed by atoms with Gasteiger partial charge in [0.05, 0.1) is 18.8 Å². The molecule has 6 heteroatoms. The smallest absolute Gasteiger partial charge is 0.139 e. The fourth-order valence-corrected chi connectivity index (χ4v) is 4.36. The van der Waals surface area contributed by atoms with E-state index in [1.54, 1.807) is 0 Å². The van der Waals surface area contributed by atoms with Crippen molar-refractivity contribution in [2.45, 2.75) is 26.1 Å². The third-order valence-corrected chi connectivity index (χ3v) is 6.39. The molecule has 0 radical (unpaired) electrons. The van der Waals surface area contributed by atoms with Gasteiger partial charge in [0.2, 0.25) is 0 Å². The van der Waals surface area contributed by atoms with Crippen molar-refractivity contribution in [2.24, 2.45) is 5.73 Å². The molecular formula is C30H30N4O2. The Labute approximate surface area is 211 Å². The van der Waals surface area contributed by atoms with E-state index in [-0.39, 0.29) is 6.61 Å². The molecule has 0 amide bonds. The van der Waals surface area contributed by atoms with Crippen LogP contribution in [0.25, 0.3) is 16.8 Å². The van der Waals surface area contributed by atoms with Gasteiger partial charge in [-0.05, 0) is 46.9 Å². The molecule has 4 N–H and O–H groups in total. The van der Waals surface area contributed by atoms with Crippen LogP contribution in [0.5, 0.6) is 5.75 Å². The van der Waals surface area contributed by atoms with Crippen LogP contribution in [0.2, 0.25) is 0 Å². The van der Waals surface area contributed by atoms with Crippen molar-refractivity contribution in [1.82, 2.24) is 9.38 Å². The summed E-state index contributed by atoms with van der Waals surface area (Å²) in [5, 5.41) is 13.1. The van der Waals surface area contributed by atoms with E-state index in [1.165, 1.54) is 16.7 Å². The maximum Gasteiger partial charge on any atom is 0.139 e. The average molecular weight is 479 g/mol. The van der Waals surface area contributed by atoms with E-state index in [2.05, 4.69) is 71.8 Å². The maximum absolute atomic E-state index is 9.69. The van der Waals surface area contributed by atoms with Gasteiger partial charge in [0.15, 0.2) is 0 Å². The van der Waals surface area contributed by atoms with Gasteiger partial charge in [-0.1, -0.05) is 78.9 Å². The number of nitrogens with two attached hydrogens (primary N) is 1. The lowest BCUT2D eigenvalue weighted by molar-refractivity contribution is 0.266. The summed E-state index contributed by atoms with van der Waals surface area (Å²) in [4.78, 5) is 4.67. The molecule has 182 valence electrons. The highest BCUT2D eigenvalue weighted by Crippen LogP contribution is 2.28. The number of imidazole rings is 1. The Bertz CT molecular complexity index is 1450. The zero-order valence-corrected chi connectivity index (χ0v) is 20.3. The minimum absolute atomic E-state index is 0.190. The molecule has 0 saturated carbocycles. The normalized spacial score (nSPS) is 12.0. The Kier molecular flexibility index (Phi) is 6.98. The zero-order chi connectivity index (χ0) is 24.9. The Morgan fingerprint density at radius 3 is 2.44 bits per heavy atom. The number of aliphatic hydroxyl groups excluding tert-OH is 1. The first-order valence-electron chi connectivity index (χ1n) is 12.1. The van der Waals surface area contributed by atoms with E-state index in [0.29, 0.717) is 18.8 Å². The fraction of sp³-hybridized carbons (Fsp3) is 0.167. The molecule has 0 bridgehead atoms. The van der Waals surface area contributed by atoms with Gasteiger partial charge in [-0.2, -0.15) is 0 Å². The van der Waals surface area contributed by atoms with Crippen molar-refractivity contribution in [3.05, 3.63) is 120 Å². The highest BCUT2D eigenvalue weighted by atomic mass is 16.5. The van der Waals surface area contributed by atoms with Gasteiger partial charge in [-0.15, -0.1) is 0 Å². The predicted molar refractivity (Wildman–Crippen MR) is 144 cm³/mol. The van der Waals surface area contributed by atoms with Crippen molar-refractivity contribution in [3.63, 3.8) is 0 Å². The molecule has 36 heavy (non-hydrogen) atoms. The van der Waals surface area contributed by atoms with E-state index in [0.717, 1.165) is 28.3 Å². The summed E-state index contributed by atoms with van der Waals surface area (Å²) in [6.07, 6.45) is 1.92. The zero-order valence-electron chi connectivity index (χ0n) is 20.3. The van der Waals surface area contributed by atoms with Crippen LogP contribution in [0.3, 0.4) is 0 Å². The van der Waals surface area contributed by atoms with Crippen LogP contribution in [0.4, 0.5) is 5.82 Å². The molecular weight excluding hydrogens is 448 g/mol. The van der Waals surface area contributed by atoms with Crippen LogP contribution in [0.1, 0.15) is 28.4 Å². The monoisotopic (exact) mass is 478 g/mol. The Balaban J connectivity index is 1.41.